The van der Waals surface area contributed by atoms with Crippen molar-refractivity contribution in [1.82, 2.24) is 0 Å². The van der Waals surface area contributed by atoms with Crippen LogP contribution in [-0.2, 0) is 19.1 Å². The van der Waals surface area contributed by atoms with Crippen molar-refractivity contribution >= 4 is 11.9 Å². The van der Waals surface area contributed by atoms with Gasteiger partial charge in [0.05, 0.1) is 0 Å². The molecule has 0 aliphatic carbocycles. The van der Waals surface area contributed by atoms with E-state index < -0.39 is 11.2 Å². The summed E-state index contributed by atoms with van der Waals surface area (Å²) in [4.78, 5) is 25.3. The van der Waals surface area contributed by atoms with E-state index in [0.29, 0.717) is 12.8 Å². The molecule has 0 radical (unpaired) electrons. The number of carbonyl (C=O) groups excluding carboxylic acids is 2. The Bertz CT molecular complexity index is 789. The standard InChI is InChI=1S/C42H79NO4/c1-6-8-10-12-14-16-18-20-22-24-26-28-30-32-34-36-39(44)46-41(3,4)42(5,38-43)47-40(45)37-35-33-31-29-27-25-23-21-19-17-15-13-11-9-7-2/h20-23H,6-19,24-38,43H2,1-5H3. The van der Waals surface area contributed by atoms with Crippen molar-refractivity contribution in [2.45, 2.75) is 226 Å². The van der Waals surface area contributed by atoms with Gasteiger partial charge in [-0.1, -0.05) is 141 Å². The molecule has 0 heterocycles. The van der Waals surface area contributed by atoms with Gasteiger partial charge in [-0.2, -0.15) is 0 Å². The van der Waals surface area contributed by atoms with Gasteiger partial charge in [0, 0.05) is 19.4 Å². The van der Waals surface area contributed by atoms with E-state index in [4.69, 9.17) is 15.2 Å². The molecule has 0 aliphatic rings. The zero-order valence-corrected chi connectivity index (χ0v) is 32.0. The summed E-state index contributed by atoms with van der Waals surface area (Å²) in [6.45, 7) is 10.00. The van der Waals surface area contributed by atoms with Gasteiger partial charge >= 0.3 is 11.9 Å². The maximum Gasteiger partial charge on any atom is 0.306 e. The first-order valence-electron chi connectivity index (χ1n) is 20.2. The number of esters is 2. The van der Waals surface area contributed by atoms with Gasteiger partial charge in [-0.3, -0.25) is 9.59 Å². The lowest BCUT2D eigenvalue weighted by Crippen LogP contribution is -2.57. The van der Waals surface area contributed by atoms with E-state index in [9.17, 15) is 9.59 Å². The average molecular weight is 662 g/mol. The Hall–Kier alpha value is -1.62. The number of nitrogens with two attached hydrogens (primary N) is 1. The van der Waals surface area contributed by atoms with Gasteiger partial charge in [-0.15, -0.1) is 0 Å². The Morgan fingerprint density at radius 1 is 0.468 bits per heavy atom. The van der Waals surface area contributed by atoms with Gasteiger partial charge in [0.25, 0.3) is 0 Å². The lowest BCUT2D eigenvalue weighted by molar-refractivity contribution is -0.201. The smallest absolute Gasteiger partial charge is 0.306 e. The molecule has 0 amide bonds. The maximum absolute atomic E-state index is 12.7. The summed E-state index contributed by atoms with van der Waals surface area (Å²) in [5.41, 5.74) is 3.99. The number of hydrogen-bond donors (Lipinski definition) is 1. The Kier molecular flexibility index (Phi) is 30.5. The van der Waals surface area contributed by atoms with Gasteiger partial charge in [0.1, 0.15) is 5.60 Å². The first-order chi connectivity index (χ1) is 22.7. The third kappa shape index (κ3) is 27.0. The van der Waals surface area contributed by atoms with Crippen molar-refractivity contribution in [2.24, 2.45) is 5.73 Å². The molecule has 276 valence electrons. The van der Waals surface area contributed by atoms with Crippen molar-refractivity contribution in [3.05, 3.63) is 24.3 Å². The highest BCUT2D eigenvalue weighted by Gasteiger charge is 2.46. The fraction of sp³-hybridized carbons (Fsp3) is 0.857. The molecule has 0 saturated carbocycles. The molecule has 0 aromatic heterocycles. The highest BCUT2D eigenvalue weighted by Crippen LogP contribution is 2.30. The minimum absolute atomic E-state index is 0.0960. The second kappa shape index (κ2) is 31.6. The van der Waals surface area contributed by atoms with E-state index >= 15 is 0 Å². The highest BCUT2D eigenvalue weighted by atomic mass is 16.6. The number of carbonyl (C=O) groups is 2. The molecule has 0 rings (SSSR count). The van der Waals surface area contributed by atoms with Crippen LogP contribution >= 0.6 is 0 Å². The van der Waals surface area contributed by atoms with E-state index in [-0.39, 0.29) is 18.5 Å². The number of hydrogen-bond acceptors (Lipinski definition) is 5. The van der Waals surface area contributed by atoms with Gasteiger partial charge in [0.2, 0.25) is 0 Å². The van der Waals surface area contributed by atoms with Gasteiger partial charge in [-0.05, 0) is 85.0 Å². The molecular weight excluding hydrogens is 582 g/mol. The van der Waals surface area contributed by atoms with Crippen LogP contribution in [0.3, 0.4) is 0 Å². The Morgan fingerprint density at radius 2 is 0.766 bits per heavy atom. The van der Waals surface area contributed by atoms with Crippen molar-refractivity contribution in [2.75, 3.05) is 6.54 Å². The number of ether oxygens (including phenoxy) is 2. The summed E-state index contributed by atoms with van der Waals surface area (Å²) in [7, 11) is 0. The molecule has 0 fully saturated rings. The molecule has 0 bridgehead atoms. The predicted octanol–water partition coefficient (Wildman–Crippen LogP) is 12.6. The van der Waals surface area contributed by atoms with E-state index in [1.54, 1.807) is 20.8 Å². The Labute approximate surface area is 292 Å². The molecule has 0 spiro atoms. The van der Waals surface area contributed by atoms with E-state index in [2.05, 4.69) is 38.2 Å². The summed E-state index contributed by atoms with van der Waals surface area (Å²) >= 11 is 0. The molecule has 1 unspecified atom stereocenters. The van der Waals surface area contributed by atoms with Gasteiger partial charge in [0.15, 0.2) is 5.60 Å². The van der Waals surface area contributed by atoms with E-state index in [1.807, 2.05) is 0 Å². The maximum atomic E-state index is 12.7. The van der Waals surface area contributed by atoms with Crippen LogP contribution in [0.4, 0.5) is 0 Å². The van der Waals surface area contributed by atoms with Crippen LogP contribution in [0.1, 0.15) is 214 Å². The summed E-state index contributed by atoms with van der Waals surface area (Å²) < 4.78 is 11.7. The molecule has 5 heteroatoms. The highest BCUT2D eigenvalue weighted by molar-refractivity contribution is 5.71. The van der Waals surface area contributed by atoms with Crippen molar-refractivity contribution in [3.8, 4) is 0 Å². The minimum Gasteiger partial charge on any atom is -0.455 e. The zero-order valence-electron chi connectivity index (χ0n) is 32.0. The second-order valence-corrected chi connectivity index (χ2v) is 14.6. The SMILES string of the molecule is CCCCCCCCC=CCCCCCCCC(=O)OC(C)(C)C(C)(CN)OC(=O)CCCCCCCC=CCCCCCCCC. The first-order valence-corrected chi connectivity index (χ1v) is 20.2. The summed E-state index contributed by atoms with van der Waals surface area (Å²) in [6.07, 6.45) is 41.8. The van der Waals surface area contributed by atoms with Crippen LogP contribution in [0.5, 0.6) is 0 Å². The molecule has 47 heavy (non-hydrogen) atoms. The summed E-state index contributed by atoms with van der Waals surface area (Å²) in [6, 6.07) is 0. The average Bonchev–Trinajstić information content (AvgIpc) is 3.04. The van der Waals surface area contributed by atoms with Crippen LogP contribution in [0, 0.1) is 0 Å². The van der Waals surface area contributed by atoms with Crippen molar-refractivity contribution < 1.29 is 19.1 Å². The third-order valence-corrected chi connectivity index (χ3v) is 9.66. The van der Waals surface area contributed by atoms with Crippen LogP contribution in [0.15, 0.2) is 24.3 Å². The van der Waals surface area contributed by atoms with Crippen LogP contribution in [0.25, 0.3) is 0 Å². The largest absolute Gasteiger partial charge is 0.455 e. The van der Waals surface area contributed by atoms with Crippen LogP contribution in [0.2, 0.25) is 0 Å². The molecule has 0 aromatic rings. The van der Waals surface area contributed by atoms with Crippen LogP contribution in [-0.4, -0.2) is 29.7 Å². The fourth-order valence-electron chi connectivity index (χ4n) is 5.84. The lowest BCUT2D eigenvalue weighted by Gasteiger charge is -2.41. The normalized spacial score (nSPS) is 13.4. The zero-order chi connectivity index (χ0) is 34.9. The quantitative estimate of drug-likeness (QED) is 0.0422. The molecule has 0 aromatic carbocycles. The summed E-state index contributed by atoms with van der Waals surface area (Å²) in [5.74, 6) is -0.516. The first kappa shape index (κ1) is 45.4. The molecule has 2 N–H and O–H groups in total. The second-order valence-electron chi connectivity index (χ2n) is 14.6. The lowest BCUT2D eigenvalue weighted by atomic mass is 9.87. The molecule has 0 saturated heterocycles. The number of rotatable bonds is 34. The minimum atomic E-state index is -1.07. The van der Waals surface area contributed by atoms with Crippen molar-refractivity contribution in [1.29, 1.82) is 0 Å². The fourth-order valence-corrected chi connectivity index (χ4v) is 5.84. The Morgan fingerprint density at radius 3 is 1.11 bits per heavy atom. The number of allylic oxidation sites excluding steroid dienone is 4. The predicted molar refractivity (Wildman–Crippen MR) is 203 cm³/mol. The van der Waals surface area contributed by atoms with E-state index in [1.165, 1.54) is 116 Å². The Balaban J connectivity index is 3.98. The monoisotopic (exact) mass is 662 g/mol. The number of unbranched alkanes of at least 4 members (excludes halogenated alkanes) is 22. The molecule has 0 aliphatic heterocycles. The van der Waals surface area contributed by atoms with Gasteiger partial charge in [-0.25, -0.2) is 0 Å². The molecular formula is C42H79NO4. The molecule has 5 nitrogen and oxygen atoms in total. The van der Waals surface area contributed by atoms with Gasteiger partial charge < -0.3 is 15.2 Å². The van der Waals surface area contributed by atoms with E-state index in [0.717, 1.165) is 51.4 Å². The molecule has 1 atom stereocenters. The summed E-state index contributed by atoms with van der Waals surface area (Å²) in [5, 5.41) is 0. The van der Waals surface area contributed by atoms with Crippen LogP contribution < -0.4 is 5.73 Å². The topological polar surface area (TPSA) is 78.6 Å². The van der Waals surface area contributed by atoms with Crippen molar-refractivity contribution in [3.63, 3.8) is 0 Å². The third-order valence-electron chi connectivity index (χ3n) is 9.66.